The minimum atomic E-state index is -3.00. The van der Waals surface area contributed by atoms with Crippen LogP contribution in [-0.2, 0) is 9.84 Å². The molecule has 0 fully saturated rings. The quantitative estimate of drug-likeness (QED) is 0.841. The molecule has 0 amide bonds. The van der Waals surface area contributed by atoms with E-state index in [9.17, 15) is 8.42 Å². The second-order valence-corrected chi connectivity index (χ2v) is 7.92. The van der Waals surface area contributed by atoms with E-state index in [0.717, 1.165) is 18.5 Å². The Morgan fingerprint density at radius 1 is 1.10 bits per heavy atom. The van der Waals surface area contributed by atoms with Crippen molar-refractivity contribution in [3.8, 4) is 0 Å². The van der Waals surface area contributed by atoms with Gasteiger partial charge in [-0.1, -0.05) is 31.5 Å². The third kappa shape index (κ3) is 4.60. The van der Waals surface area contributed by atoms with Gasteiger partial charge in [0.2, 0.25) is 0 Å². The maximum atomic E-state index is 12.0. The fourth-order valence-corrected chi connectivity index (χ4v) is 3.70. The first-order chi connectivity index (χ1) is 9.30. The molecule has 0 radical (unpaired) electrons. The third-order valence-corrected chi connectivity index (χ3v) is 5.31. The summed E-state index contributed by atoms with van der Waals surface area (Å²) in [6.07, 6.45) is 0.993. The highest BCUT2D eigenvalue weighted by Crippen LogP contribution is 2.25. The summed E-state index contributed by atoms with van der Waals surface area (Å²) in [5.74, 6) is 0.371. The van der Waals surface area contributed by atoms with Crippen LogP contribution in [0.5, 0.6) is 0 Å². The van der Waals surface area contributed by atoms with E-state index in [1.165, 1.54) is 16.7 Å². The van der Waals surface area contributed by atoms with Gasteiger partial charge in [0.25, 0.3) is 0 Å². The number of aryl methyl sites for hydroxylation is 3. The predicted octanol–water partition coefficient (Wildman–Crippen LogP) is 3.09. The average Bonchev–Trinajstić information content (AvgIpc) is 2.34. The molecule has 0 aliphatic heterocycles. The summed E-state index contributed by atoms with van der Waals surface area (Å²) in [5, 5.41) is 3.40. The number of hydrogen-bond donors (Lipinski definition) is 1. The number of rotatable bonds is 7. The van der Waals surface area contributed by atoms with Gasteiger partial charge < -0.3 is 5.32 Å². The van der Waals surface area contributed by atoms with Gasteiger partial charge in [-0.15, -0.1) is 0 Å². The van der Waals surface area contributed by atoms with Crippen LogP contribution in [0.2, 0.25) is 0 Å². The van der Waals surface area contributed by atoms with Gasteiger partial charge in [0.15, 0.2) is 9.84 Å². The molecule has 1 atom stereocenters. The normalized spacial score (nSPS) is 13.4. The van der Waals surface area contributed by atoms with Crippen LogP contribution in [0.4, 0.5) is 0 Å². The highest BCUT2D eigenvalue weighted by molar-refractivity contribution is 7.91. The Labute approximate surface area is 123 Å². The second kappa shape index (κ2) is 7.23. The molecule has 0 heterocycles. The van der Waals surface area contributed by atoms with Gasteiger partial charge in [-0.2, -0.15) is 0 Å². The largest absolute Gasteiger partial charge is 0.309 e. The third-order valence-electron chi connectivity index (χ3n) is 3.59. The van der Waals surface area contributed by atoms with Crippen LogP contribution >= 0.6 is 0 Å². The minimum absolute atomic E-state index is 0.111. The Kier molecular flexibility index (Phi) is 6.21. The molecular formula is C16H27NO2S. The van der Waals surface area contributed by atoms with E-state index in [-0.39, 0.29) is 17.5 Å². The zero-order valence-corrected chi connectivity index (χ0v) is 14.1. The Hall–Kier alpha value is -0.870. The lowest BCUT2D eigenvalue weighted by atomic mass is 9.95. The lowest BCUT2D eigenvalue weighted by Crippen LogP contribution is -2.30. The Bertz CT molecular complexity index is 527. The first-order valence-electron chi connectivity index (χ1n) is 7.32. The number of hydrogen-bond acceptors (Lipinski definition) is 3. The summed E-state index contributed by atoms with van der Waals surface area (Å²) < 4.78 is 24.0. The lowest BCUT2D eigenvalue weighted by molar-refractivity contribution is 0.544. The van der Waals surface area contributed by atoms with Gasteiger partial charge in [0.1, 0.15) is 0 Å². The van der Waals surface area contributed by atoms with Gasteiger partial charge in [-0.25, -0.2) is 8.42 Å². The minimum Gasteiger partial charge on any atom is -0.309 e. The smallest absolute Gasteiger partial charge is 0.151 e. The molecule has 0 aromatic heterocycles. The first-order valence-corrected chi connectivity index (χ1v) is 9.14. The van der Waals surface area contributed by atoms with Crippen LogP contribution in [0.3, 0.4) is 0 Å². The Morgan fingerprint density at radius 3 is 2.10 bits per heavy atom. The van der Waals surface area contributed by atoms with Crippen molar-refractivity contribution in [1.29, 1.82) is 0 Å². The summed E-state index contributed by atoms with van der Waals surface area (Å²) in [6, 6.07) is 4.14. The van der Waals surface area contributed by atoms with Gasteiger partial charge >= 0.3 is 0 Å². The van der Waals surface area contributed by atoms with E-state index >= 15 is 0 Å². The van der Waals surface area contributed by atoms with Crippen LogP contribution in [0, 0.1) is 20.8 Å². The first kappa shape index (κ1) is 17.2. The van der Waals surface area contributed by atoms with Crippen LogP contribution in [0.1, 0.15) is 48.6 Å². The Balaban J connectivity index is 3.17. The van der Waals surface area contributed by atoms with Crippen molar-refractivity contribution in [1.82, 2.24) is 5.32 Å². The number of nitrogens with one attached hydrogen (secondary N) is 1. The van der Waals surface area contributed by atoms with E-state index in [1.54, 1.807) is 6.92 Å². The lowest BCUT2D eigenvalue weighted by Gasteiger charge is -2.23. The molecule has 20 heavy (non-hydrogen) atoms. The average molecular weight is 297 g/mol. The maximum absolute atomic E-state index is 12.0. The highest BCUT2D eigenvalue weighted by Gasteiger charge is 2.22. The maximum Gasteiger partial charge on any atom is 0.151 e. The van der Waals surface area contributed by atoms with E-state index in [1.807, 2.05) is 0 Å². The van der Waals surface area contributed by atoms with E-state index < -0.39 is 9.84 Å². The Morgan fingerprint density at radius 2 is 1.65 bits per heavy atom. The van der Waals surface area contributed by atoms with Crippen molar-refractivity contribution >= 4 is 9.84 Å². The van der Waals surface area contributed by atoms with Crippen molar-refractivity contribution in [2.45, 2.75) is 47.1 Å². The van der Waals surface area contributed by atoms with Gasteiger partial charge in [-0.05, 0) is 50.4 Å². The van der Waals surface area contributed by atoms with Gasteiger partial charge in [0.05, 0.1) is 5.75 Å². The van der Waals surface area contributed by atoms with Crippen LogP contribution < -0.4 is 5.32 Å². The fraction of sp³-hybridized carbons (Fsp3) is 0.625. The molecule has 4 heteroatoms. The van der Waals surface area contributed by atoms with Crippen molar-refractivity contribution in [2.24, 2.45) is 0 Å². The summed E-state index contributed by atoms with van der Waals surface area (Å²) in [6.45, 7) is 10.8. The molecule has 0 bridgehead atoms. The zero-order valence-electron chi connectivity index (χ0n) is 13.3. The molecule has 1 rings (SSSR count). The van der Waals surface area contributed by atoms with Crippen molar-refractivity contribution in [3.63, 3.8) is 0 Å². The van der Waals surface area contributed by atoms with Gasteiger partial charge in [0, 0.05) is 11.8 Å². The standard InChI is InChI=1S/C16H27NO2S/c1-6-8-17-15(11-20(18,19)7-2)16-13(4)9-12(3)10-14(16)5/h9-10,15,17H,6-8,11H2,1-5H3. The van der Waals surface area contributed by atoms with Crippen molar-refractivity contribution in [2.75, 3.05) is 18.1 Å². The number of benzene rings is 1. The van der Waals surface area contributed by atoms with Crippen molar-refractivity contribution < 1.29 is 8.42 Å². The zero-order chi connectivity index (χ0) is 15.3. The molecule has 0 saturated carbocycles. The van der Waals surface area contributed by atoms with E-state index in [4.69, 9.17) is 0 Å². The topological polar surface area (TPSA) is 46.2 Å². The van der Waals surface area contributed by atoms with Crippen LogP contribution in [0.15, 0.2) is 12.1 Å². The molecule has 114 valence electrons. The summed E-state index contributed by atoms with van der Waals surface area (Å²) in [7, 11) is -3.00. The molecule has 1 aromatic rings. The predicted molar refractivity (Wildman–Crippen MR) is 86.0 cm³/mol. The molecule has 0 saturated heterocycles. The molecule has 1 unspecified atom stereocenters. The molecular weight excluding hydrogens is 270 g/mol. The monoisotopic (exact) mass is 297 g/mol. The summed E-state index contributed by atoms with van der Waals surface area (Å²) in [4.78, 5) is 0. The summed E-state index contributed by atoms with van der Waals surface area (Å²) >= 11 is 0. The van der Waals surface area contributed by atoms with Crippen LogP contribution in [0.25, 0.3) is 0 Å². The molecule has 3 nitrogen and oxygen atoms in total. The van der Waals surface area contributed by atoms with E-state index in [2.05, 4.69) is 45.1 Å². The molecule has 0 aliphatic carbocycles. The van der Waals surface area contributed by atoms with Gasteiger partial charge in [-0.3, -0.25) is 0 Å². The second-order valence-electron chi connectivity index (χ2n) is 5.52. The fourth-order valence-electron chi connectivity index (χ4n) is 2.68. The van der Waals surface area contributed by atoms with Crippen molar-refractivity contribution in [3.05, 3.63) is 34.4 Å². The highest BCUT2D eigenvalue weighted by atomic mass is 32.2. The molecule has 1 aromatic carbocycles. The van der Waals surface area contributed by atoms with E-state index in [0.29, 0.717) is 0 Å². The molecule has 0 spiro atoms. The number of sulfone groups is 1. The molecule has 1 N–H and O–H groups in total. The van der Waals surface area contributed by atoms with Crippen LogP contribution in [-0.4, -0.2) is 26.5 Å². The SMILES string of the molecule is CCCNC(CS(=O)(=O)CC)c1c(C)cc(C)cc1C. The summed E-state index contributed by atoms with van der Waals surface area (Å²) in [5.41, 5.74) is 4.70. The molecule has 0 aliphatic rings.